The van der Waals surface area contributed by atoms with Crippen LogP contribution in [-0.4, -0.2) is 49.9 Å². The van der Waals surface area contributed by atoms with E-state index in [0.717, 1.165) is 32.1 Å². The molecule has 1 saturated carbocycles. The molecule has 1 aromatic carbocycles. The highest BCUT2D eigenvalue weighted by Gasteiger charge is 2.23. The summed E-state index contributed by atoms with van der Waals surface area (Å²) in [6.45, 7) is 6.03. The summed E-state index contributed by atoms with van der Waals surface area (Å²) in [6, 6.07) is 7.10. The van der Waals surface area contributed by atoms with Crippen LogP contribution in [-0.2, 0) is 14.3 Å². The number of esters is 1. The molecule has 2 amide bonds. The normalized spacial score (nSPS) is 18.4. The molecule has 0 spiro atoms. The molecule has 0 heterocycles. The molecular formula is C24H36N2O6. The van der Waals surface area contributed by atoms with Crippen molar-refractivity contribution >= 4 is 18.0 Å². The van der Waals surface area contributed by atoms with Crippen molar-refractivity contribution in [2.24, 2.45) is 5.92 Å². The van der Waals surface area contributed by atoms with Crippen LogP contribution in [0.25, 0.3) is 0 Å². The number of rotatable bonds is 9. The molecule has 8 heteroatoms. The van der Waals surface area contributed by atoms with Crippen LogP contribution < -0.4 is 15.4 Å². The van der Waals surface area contributed by atoms with Crippen molar-refractivity contribution in [1.82, 2.24) is 10.6 Å². The first-order valence-corrected chi connectivity index (χ1v) is 11.2. The summed E-state index contributed by atoms with van der Waals surface area (Å²) in [6.07, 6.45) is 4.68. The number of hydrogen-bond donors (Lipinski definition) is 2. The van der Waals surface area contributed by atoms with Crippen molar-refractivity contribution in [1.29, 1.82) is 0 Å². The van der Waals surface area contributed by atoms with Gasteiger partial charge in [0.05, 0.1) is 13.7 Å². The zero-order valence-corrected chi connectivity index (χ0v) is 19.6. The minimum absolute atomic E-state index is 0.0962. The molecule has 0 unspecified atom stereocenters. The molecule has 8 nitrogen and oxygen atoms in total. The third kappa shape index (κ3) is 9.58. The highest BCUT2D eigenvalue weighted by molar-refractivity contribution is 5.94. The number of nitrogens with one attached hydrogen (secondary N) is 2. The lowest BCUT2D eigenvalue weighted by atomic mass is 9.83. The zero-order valence-electron chi connectivity index (χ0n) is 19.6. The average Bonchev–Trinajstić information content (AvgIpc) is 2.75. The maximum absolute atomic E-state index is 12.5. The van der Waals surface area contributed by atoms with E-state index in [2.05, 4.69) is 10.6 Å². The lowest BCUT2D eigenvalue weighted by molar-refractivity contribution is -0.141. The number of carbonyl (C=O) groups excluding carboxylic acids is 3. The summed E-state index contributed by atoms with van der Waals surface area (Å²) in [5.74, 6) is 0.885. The molecule has 0 saturated heterocycles. The van der Waals surface area contributed by atoms with Crippen LogP contribution in [0.1, 0.15) is 69.7 Å². The summed E-state index contributed by atoms with van der Waals surface area (Å²) >= 11 is 0. The monoisotopic (exact) mass is 448 g/mol. The molecule has 32 heavy (non-hydrogen) atoms. The van der Waals surface area contributed by atoms with Crippen LogP contribution in [0.4, 0.5) is 4.79 Å². The highest BCUT2D eigenvalue weighted by Crippen LogP contribution is 2.28. The van der Waals surface area contributed by atoms with E-state index in [-0.39, 0.29) is 17.9 Å². The average molecular weight is 449 g/mol. The summed E-state index contributed by atoms with van der Waals surface area (Å²) in [7, 11) is 1.41. The van der Waals surface area contributed by atoms with Crippen molar-refractivity contribution in [2.45, 2.75) is 70.9 Å². The van der Waals surface area contributed by atoms with E-state index in [9.17, 15) is 14.4 Å². The quantitative estimate of drug-likeness (QED) is 0.440. The zero-order chi connectivity index (χ0) is 23.6. The van der Waals surface area contributed by atoms with Gasteiger partial charge in [0, 0.05) is 18.0 Å². The molecule has 178 valence electrons. The largest absolute Gasteiger partial charge is 0.492 e. The number of amides is 2. The number of carbonyl (C=O) groups is 3. The summed E-state index contributed by atoms with van der Waals surface area (Å²) in [5.41, 5.74) is 0.0441. The minimum Gasteiger partial charge on any atom is -0.492 e. The van der Waals surface area contributed by atoms with Gasteiger partial charge in [-0.25, -0.2) is 4.79 Å². The maximum Gasteiger partial charge on any atom is 0.407 e. The first kappa shape index (κ1) is 25.5. The SMILES string of the molecule is COC(=O)CC[C@H]1CC[C@H](NC(=O)c2ccc(OCCNC(=O)OC(C)(C)C)cc2)CC1. The topological polar surface area (TPSA) is 103 Å². The fourth-order valence-electron chi connectivity index (χ4n) is 3.63. The Hall–Kier alpha value is -2.77. The smallest absolute Gasteiger partial charge is 0.407 e. The molecule has 0 atom stereocenters. The molecule has 1 aliphatic rings. The first-order chi connectivity index (χ1) is 15.2. The van der Waals surface area contributed by atoms with Gasteiger partial charge in [-0.1, -0.05) is 0 Å². The Bertz CT molecular complexity index is 749. The van der Waals surface area contributed by atoms with Gasteiger partial charge in [-0.15, -0.1) is 0 Å². The summed E-state index contributed by atoms with van der Waals surface area (Å²) in [5, 5.41) is 5.73. The fourth-order valence-corrected chi connectivity index (χ4v) is 3.63. The molecule has 2 rings (SSSR count). The second kappa shape index (κ2) is 12.3. The summed E-state index contributed by atoms with van der Waals surface area (Å²) in [4.78, 5) is 35.4. The van der Waals surface area contributed by atoms with Crippen molar-refractivity contribution in [3.8, 4) is 5.75 Å². The van der Waals surface area contributed by atoms with Crippen molar-refractivity contribution in [2.75, 3.05) is 20.3 Å². The van der Waals surface area contributed by atoms with Crippen LogP contribution in [0.15, 0.2) is 24.3 Å². The maximum atomic E-state index is 12.5. The van der Waals surface area contributed by atoms with Gasteiger partial charge < -0.3 is 24.8 Å². The van der Waals surface area contributed by atoms with Gasteiger partial charge in [0.15, 0.2) is 0 Å². The van der Waals surface area contributed by atoms with Crippen molar-refractivity contribution in [3.05, 3.63) is 29.8 Å². The third-order valence-corrected chi connectivity index (χ3v) is 5.32. The van der Waals surface area contributed by atoms with E-state index in [1.54, 1.807) is 45.0 Å². The molecular weight excluding hydrogens is 412 g/mol. The Kier molecular flexibility index (Phi) is 9.81. The van der Waals surface area contributed by atoms with Gasteiger partial charge in [-0.3, -0.25) is 9.59 Å². The second-order valence-electron chi connectivity index (χ2n) is 9.11. The Morgan fingerprint density at radius 1 is 1.03 bits per heavy atom. The van der Waals surface area contributed by atoms with Crippen molar-refractivity contribution in [3.63, 3.8) is 0 Å². The third-order valence-electron chi connectivity index (χ3n) is 5.32. The van der Waals surface area contributed by atoms with Crippen molar-refractivity contribution < 1.29 is 28.6 Å². The van der Waals surface area contributed by atoms with Crippen LogP contribution in [0.5, 0.6) is 5.75 Å². The molecule has 0 bridgehead atoms. The van der Waals surface area contributed by atoms with E-state index in [1.165, 1.54) is 7.11 Å². The fraction of sp³-hybridized carbons (Fsp3) is 0.625. The van der Waals surface area contributed by atoms with Gasteiger partial charge in [-0.05, 0) is 83.1 Å². The number of hydrogen-bond acceptors (Lipinski definition) is 6. The van der Waals surface area contributed by atoms with Crippen LogP contribution in [0.2, 0.25) is 0 Å². The first-order valence-electron chi connectivity index (χ1n) is 11.2. The number of alkyl carbamates (subject to hydrolysis) is 1. The number of methoxy groups -OCH3 is 1. The van der Waals surface area contributed by atoms with Gasteiger partial charge in [0.25, 0.3) is 5.91 Å². The van der Waals surface area contributed by atoms with Gasteiger partial charge in [-0.2, -0.15) is 0 Å². The predicted octanol–water partition coefficient (Wildman–Crippen LogP) is 3.83. The van der Waals surface area contributed by atoms with Gasteiger partial charge in [0.1, 0.15) is 18.0 Å². The number of benzene rings is 1. The molecule has 1 aromatic rings. The molecule has 0 aromatic heterocycles. The standard InChI is InChI=1S/C24H36N2O6/c1-24(2,3)32-23(29)25-15-16-31-20-12-8-18(9-13-20)22(28)26-19-10-5-17(6-11-19)7-14-21(27)30-4/h8-9,12-13,17,19H,5-7,10-11,14-16H2,1-4H3,(H,25,29)(H,26,28)/t17-,19-. The molecule has 0 aliphatic heterocycles. The molecule has 1 fully saturated rings. The van der Waals surface area contributed by atoms with Crippen LogP contribution in [0.3, 0.4) is 0 Å². The van der Waals surface area contributed by atoms with Crippen LogP contribution in [0, 0.1) is 5.92 Å². The van der Waals surface area contributed by atoms with E-state index in [0.29, 0.717) is 36.8 Å². The Balaban J connectivity index is 1.67. The molecule has 2 N–H and O–H groups in total. The Morgan fingerprint density at radius 3 is 2.28 bits per heavy atom. The van der Waals surface area contributed by atoms with E-state index in [4.69, 9.17) is 14.2 Å². The number of ether oxygens (including phenoxy) is 3. The van der Waals surface area contributed by atoms with E-state index in [1.807, 2.05) is 0 Å². The highest BCUT2D eigenvalue weighted by atomic mass is 16.6. The molecule has 1 aliphatic carbocycles. The van der Waals surface area contributed by atoms with Crippen LogP contribution >= 0.6 is 0 Å². The lowest BCUT2D eigenvalue weighted by Crippen LogP contribution is -2.37. The lowest BCUT2D eigenvalue weighted by Gasteiger charge is -2.29. The second-order valence-corrected chi connectivity index (χ2v) is 9.11. The van der Waals surface area contributed by atoms with Gasteiger partial charge >= 0.3 is 12.1 Å². The molecule has 0 radical (unpaired) electrons. The van der Waals surface area contributed by atoms with Gasteiger partial charge in [0.2, 0.25) is 0 Å². The minimum atomic E-state index is -0.537. The summed E-state index contributed by atoms with van der Waals surface area (Å²) < 4.78 is 15.5. The Labute approximate surface area is 190 Å². The Morgan fingerprint density at radius 2 is 1.69 bits per heavy atom. The predicted molar refractivity (Wildman–Crippen MR) is 121 cm³/mol. The van der Waals surface area contributed by atoms with E-state index < -0.39 is 11.7 Å². The van der Waals surface area contributed by atoms with E-state index >= 15 is 0 Å².